The molecule has 0 fully saturated rings. The van der Waals surface area contributed by atoms with E-state index in [0.717, 1.165) is 18.0 Å². The first-order valence-electron chi connectivity index (χ1n) is 7.41. The smallest absolute Gasteiger partial charge is 0.144 e. The third-order valence-corrected chi connectivity index (χ3v) is 3.33. The molecular weight excluding hydrogens is 260 g/mol. The highest BCUT2D eigenvalue weighted by molar-refractivity contribution is 5.69. The van der Waals surface area contributed by atoms with Crippen LogP contribution in [0.25, 0.3) is 0 Å². The average molecular weight is 284 g/mol. The highest BCUT2D eigenvalue weighted by atomic mass is 16.5. The monoisotopic (exact) mass is 284 g/mol. The minimum Gasteiger partial charge on any atom is -0.489 e. The van der Waals surface area contributed by atoms with E-state index in [-0.39, 0.29) is 6.10 Å². The van der Waals surface area contributed by atoms with Crippen molar-refractivity contribution in [3.63, 3.8) is 0 Å². The number of aryl methyl sites for hydroxylation is 1. The topological polar surface area (TPSA) is 38.5 Å². The van der Waals surface area contributed by atoms with Gasteiger partial charge in [-0.25, -0.2) is 0 Å². The molecule has 2 aromatic rings. The first-order chi connectivity index (χ1) is 10.0. The van der Waals surface area contributed by atoms with Crippen molar-refractivity contribution in [2.24, 2.45) is 0 Å². The number of nitrogens with zero attached hydrogens (tertiary/aromatic N) is 1. The van der Waals surface area contributed by atoms with Crippen molar-refractivity contribution in [1.29, 1.82) is 0 Å². The second-order valence-corrected chi connectivity index (χ2v) is 5.47. The molecule has 0 unspecified atom stereocenters. The molecule has 0 aliphatic rings. The molecule has 0 saturated carbocycles. The summed E-state index contributed by atoms with van der Waals surface area (Å²) in [5, 5.41) is 0. The van der Waals surface area contributed by atoms with Gasteiger partial charge in [0.05, 0.1) is 11.8 Å². The number of rotatable bonds is 5. The molecule has 0 aromatic heterocycles. The van der Waals surface area contributed by atoms with Gasteiger partial charge in [-0.15, -0.1) is 0 Å². The van der Waals surface area contributed by atoms with Gasteiger partial charge in [0.15, 0.2) is 0 Å². The van der Waals surface area contributed by atoms with Crippen LogP contribution in [0.3, 0.4) is 0 Å². The minimum absolute atomic E-state index is 0.108. The van der Waals surface area contributed by atoms with Crippen molar-refractivity contribution in [3.8, 4) is 5.75 Å². The predicted octanol–water partition coefficient (Wildman–Crippen LogP) is 4.52. The summed E-state index contributed by atoms with van der Waals surface area (Å²) >= 11 is 0. The Hall–Kier alpha value is -2.16. The average Bonchev–Trinajstić information content (AvgIpc) is 2.44. The van der Waals surface area contributed by atoms with E-state index in [9.17, 15) is 0 Å². The molecule has 0 aliphatic carbocycles. The Morgan fingerprint density at radius 2 is 1.67 bits per heavy atom. The standard InChI is InChI=1S/C18H24N2O/c1-5-20(15-8-6-14(4)7-9-15)16-10-11-17(19)18(12-16)21-13(2)3/h6-13H,5,19H2,1-4H3. The molecule has 0 atom stereocenters. The quantitative estimate of drug-likeness (QED) is 0.820. The van der Waals surface area contributed by atoms with E-state index in [2.05, 4.69) is 43.0 Å². The summed E-state index contributed by atoms with van der Waals surface area (Å²) < 4.78 is 5.78. The van der Waals surface area contributed by atoms with E-state index in [1.54, 1.807) is 0 Å². The molecule has 3 heteroatoms. The lowest BCUT2D eigenvalue weighted by molar-refractivity contribution is 0.244. The Labute approximate surface area is 127 Å². The van der Waals surface area contributed by atoms with Gasteiger partial charge in [0.2, 0.25) is 0 Å². The summed E-state index contributed by atoms with van der Waals surface area (Å²) in [5.74, 6) is 0.744. The van der Waals surface area contributed by atoms with Crippen molar-refractivity contribution in [2.45, 2.75) is 33.8 Å². The maximum absolute atomic E-state index is 5.99. The number of nitrogen functional groups attached to an aromatic ring is 1. The van der Waals surface area contributed by atoms with Gasteiger partial charge in [-0.2, -0.15) is 0 Å². The Morgan fingerprint density at radius 3 is 2.24 bits per heavy atom. The van der Waals surface area contributed by atoms with Gasteiger partial charge in [-0.05, 0) is 52.0 Å². The van der Waals surface area contributed by atoms with Crippen molar-refractivity contribution >= 4 is 17.1 Å². The molecule has 0 saturated heterocycles. The van der Waals surface area contributed by atoms with Crippen LogP contribution in [0.5, 0.6) is 5.75 Å². The van der Waals surface area contributed by atoms with Crippen LogP contribution in [-0.2, 0) is 0 Å². The first-order valence-corrected chi connectivity index (χ1v) is 7.41. The minimum atomic E-state index is 0.108. The molecular formula is C18H24N2O. The predicted molar refractivity (Wildman–Crippen MR) is 90.5 cm³/mol. The fraction of sp³-hybridized carbons (Fsp3) is 0.333. The van der Waals surface area contributed by atoms with Gasteiger partial charge in [0.25, 0.3) is 0 Å². The zero-order valence-corrected chi connectivity index (χ0v) is 13.3. The van der Waals surface area contributed by atoms with Crippen LogP contribution in [0.1, 0.15) is 26.3 Å². The van der Waals surface area contributed by atoms with E-state index in [4.69, 9.17) is 10.5 Å². The molecule has 0 spiro atoms. The summed E-state index contributed by atoms with van der Waals surface area (Å²) in [6, 6.07) is 14.5. The summed E-state index contributed by atoms with van der Waals surface area (Å²) in [4.78, 5) is 2.24. The molecule has 3 nitrogen and oxygen atoms in total. The lowest BCUT2D eigenvalue weighted by Gasteiger charge is -2.25. The second kappa shape index (κ2) is 6.53. The normalized spacial score (nSPS) is 10.7. The van der Waals surface area contributed by atoms with Crippen molar-refractivity contribution in [3.05, 3.63) is 48.0 Å². The highest BCUT2D eigenvalue weighted by Gasteiger charge is 2.11. The third-order valence-electron chi connectivity index (χ3n) is 3.33. The lowest BCUT2D eigenvalue weighted by atomic mass is 10.2. The number of hydrogen-bond acceptors (Lipinski definition) is 3. The Kier molecular flexibility index (Phi) is 4.73. The zero-order chi connectivity index (χ0) is 15.4. The lowest BCUT2D eigenvalue weighted by Crippen LogP contribution is -2.16. The van der Waals surface area contributed by atoms with E-state index in [1.165, 1.54) is 11.3 Å². The molecule has 2 rings (SSSR count). The van der Waals surface area contributed by atoms with Crippen LogP contribution in [0.4, 0.5) is 17.1 Å². The zero-order valence-electron chi connectivity index (χ0n) is 13.3. The number of ether oxygens (including phenoxy) is 1. The molecule has 112 valence electrons. The third kappa shape index (κ3) is 3.69. The SMILES string of the molecule is CCN(c1ccc(C)cc1)c1ccc(N)c(OC(C)C)c1. The Balaban J connectivity index is 2.36. The number of benzene rings is 2. The maximum atomic E-state index is 5.99. The second-order valence-electron chi connectivity index (χ2n) is 5.47. The summed E-state index contributed by atoms with van der Waals surface area (Å²) in [7, 11) is 0. The van der Waals surface area contributed by atoms with Crippen LogP contribution in [0.15, 0.2) is 42.5 Å². The van der Waals surface area contributed by atoms with Crippen LogP contribution >= 0.6 is 0 Å². The molecule has 0 bridgehead atoms. The van der Waals surface area contributed by atoms with Gasteiger partial charge in [-0.3, -0.25) is 0 Å². The van der Waals surface area contributed by atoms with E-state index >= 15 is 0 Å². The van der Waals surface area contributed by atoms with Crippen LogP contribution in [0.2, 0.25) is 0 Å². The van der Waals surface area contributed by atoms with E-state index in [0.29, 0.717) is 5.69 Å². The Bertz CT molecular complexity index is 591. The van der Waals surface area contributed by atoms with Crippen LogP contribution in [-0.4, -0.2) is 12.6 Å². The number of nitrogens with two attached hydrogens (primary N) is 1. The van der Waals surface area contributed by atoms with E-state index < -0.39 is 0 Å². The fourth-order valence-electron chi connectivity index (χ4n) is 2.29. The molecule has 0 heterocycles. The van der Waals surface area contributed by atoms with Crippen molar-refractivity contribution in [2.75, 3.05) is 17.2 Å². The maximum Gasteiger partial charge on any atom is 0.144 e. The van der Waals surface area contributed by atoms with Gasteiger partial charge >= 0.3 is 0 Å². The van der Waals surface area contributed by atoms with Gasteiger partial charge < -0.3 is 15.4 Å². The van der Waals surface area contributed by atoms with E-state index in [1.807, 2.05) is 32.0 Å². The molecule has 0 radical (unpaired) electrons. The number of hydrogen-bond donors (Lipinski definition) is 1. The van der Waals surface area contributed by atoms with Gasteiger partial charge in [0.1, 0.15) is 5.75 Å². The highest BCUT2D eigenvalue weighted by Crippen LogP contribution is 2.32. The number of anilines is 3. The van der Waals surface area contributed by atoms with Gasteiger partial charge in [0, 0.05) is 24.0 Å². The summed E-state index contributed by atoms with van der Waals surface area (Å²) in [6.45, 7) is 9.12. The molecule has 0 amide bonds. The van der Waals surface area contributed by atoms with Crippen LogP contribution in [0, 0.1) is 6.92 Å². The van der Waals surface area contributed by atoms with Crippen LogP contribution < -0.4 is 15.4 Å². The fourth-order valence-corrected chi connectivity index (χ4v) is 2.29. The Morgan fingerprint density at radius 1 is 1.05 bits per heavy atom. The summed E-state index contributed by atoms with van der Waals surface area (Å²) in [6.07, 6.45) is 0.108. The summed E-state index contributed by atoms with van der Waals surface area (Å²) in [5.41, 5.74) is 10.2. The largest absolute Gasteiger partial charge is 0.489 e. The first kappa shape index (κ1) is 15.2. The molecule has 2 N–H and O–H groups in total. The molecule has 0 aliphatic heterocycles. The van der Waals surface area contributed by atoms with Crippen molar-refractivity contribution in [1.82, 2.24) is 0 Å². The molecule has 21 heavy (non-hydrogen) atoms. The van der Waals surface area contributed by atoms with Crippen molar-refractivity contribution < 1.29 is 4.74 Å². The molecule has 2 aromatic carbocycles. The van der Waals surface area contributed by atoms with Gasteiger partial charge in [-0.1, -0.05) is 17.7 Å².